The predicted molar refractivity (Wildman–Crippen MR) is 49.9 cm³/mol. The van der Waals surface area contributed by atoms with Gasteiger partial charge in [-0.1, -0.05) is 13.8 Å². The first-order valence-electron chi connectivity index (χ1n) is 5.30. The second kappa shape index (κ2) is 2.73. The van der Waals surface area contributed by atoms with E-state index in [1.165, 1.54) is 12.8 Å². The highest BCUT2D eigenvalue weighted by Gasteiger charge is 2.42. The molecule has 0 aromatic rings. The summed E-state index contributed by atoms with van der Waals surface area (Å²) < 4.78 is 0. The van der Waals surface area contributed by atoms with Crippen molar-refractivity contribution in [1.82, 2.24) is 0 Å². The van der Waals surface area contributed by atoms with E-state index in [1.807, 2.05) is 0 Å². The van der Waals surface area contributed by atoms with Gasteiger partial charge in [0.15, 0.2) is 0 Å². The van der Waals surface area contributed by atoms with E-state index in [0.29, 0.717) is 0 Å². The highest BCUT2D eigenvalue weighted by Crippen LogP contribution is 2.46. The van der Waals surface area contributed by atoms with Crippen LogP contribution in [0, 0.1) is 17.8 Å². The van der Waals surface area contributed by atoms with Crippen molar-refractivity contribution in [3.05, 3.63) is 0 Å². The molecule has 2 unspecified atom stereocenters. The number of hydrogen-bond acceptors (Lipinski definition) is 1. The fourth-order valence-corrected chi connectivity index (χ4v) is 3.65. The molecule has 0 aromatic heterocycles. The van der Waals surface area contributed by atoms with E-state index in [2.05, 4.69) is 13.8 Å². The number of aliphatic hydroxyl groups is 1. The zero-order valence-electron chi connectivity index (χ0n) is 8.21. The van der Waals surface area contributed by atoms with Gasteiger partial charge in [0.05, 0.1) is 5.60 Å². The molecule has 0 amide bonds. The van der Waals surface area contributed by atoms with E-state index in [0.717, 1.165) is 37.0 Å². The third-order valence-electron chi connectivity index (χ3n) is 3.60. The van der Waals surface area contributed by atoms with Gasteiger partial charge in [-0.2, -0.15) is 0 Å². The summed E-state index contributed by atoms with van der Waals surface area (Å²) in [6.45, 7) is 4.57. The lowest BCUT2D eigenvalue weighted by atomic mass is 9.63. The van der Waals surface area contributed by atoms with Gasteiger partial charge in [-0.25, -0.2) is 0 Å². The van der Waals surface area contributed by atoms with Crippen molar-refractivity contribution in [3.63, 3.8) is 0 Å². The summed E-state index contributed by atoms with van der Waals surface area (Å²) in [7, 11) is 0. The second-order valence-electron chi connectivity index (χ2n) is 5.38. The first-order valence-corrected chi connectivity index (χ1v) is 5.30. The molecular weight excluding hydrogens is 148 g/mol. The molecule has 2 aliphatic rings. The van der Waals surface area contributed by atoms with Gasteiger partial charge in [-0.15, -0.1) is 0 Å². The van der Waals surface area contributed by atoms with Crippen LogP contribution in [0.1, 0.15) is 46.0 Å². The molecule has 70 valence electrons. The van der Waals surface area contributed by atoms with Crippen LogP contribution in [0.4, 0.5) is 0 Å². The summed E-state index contributed by atoms with van der Waals surface area (Å²) >= 11 is 0. The van der Waals surface area contributed by atoms with E-state index >= 15 is 0 Å². The van der Waals surface area contributed by atoms with E-state index in [-0.39, 0.29) is 5.60 Å². The van der Waals surface area contributed by atoms with Crippen LogP contribution in [0.15, 0.2) is 0 Å². The molecule has 2 rings (SSSR count). The molecule has 2 bridgehead atoms. The zero-order chi connectivity index (χ0) is 8.77. The summed E-state index contributed by atoms with van der Waals surface area (Å²) in [6.07, 6.45) is 5.89. The molecule has 0 heterocycles. The van der Waals surface area contributed by atoms with Crippen LogP contribution in [-0.2, 0) is 0 Å². The van der Waals surface area contributed by atoms with E-state index in [1.54, 1.807) is 0 Å². The SMILES string of the molecule is CC1CC2CC(C)CC(O)(C1)C2. The minimum atomic E-state index is -0.278. The fourth-order valence-electron chi connectivity index (χ4n) is 3.65. The Kier molecular flexibility index (Phi) is 1.95. The number of fused-ring (bicyclic) bond motifs is 2. The first-order chi connectivity index (χ1) is 5.57. The monoisotopic (exact) mass is 168 g/mol. The average Bonchev–Trinajstić information content (AvgIpc) is 1.78. The van der Waals surface area contributed by atoms with E-state index < -0.39 is 0 Å². The molecular formula is C11H20O. The summed E-state index contributed by atoms with van der Waals surface area (Å²) in [5.41, 5.74) is -0.278. The fraction of sp³-hybridized carbons (Fsp3) is 1.00. The molecule has 0 aliphatic heterocycles. The summed E-state index contributed by atoms with van der Waals surface area (Å²) in [5, 5.41) is 10.2. The van der Waals surface area contributed by atoms with Crippen LogP contribution in [0.3, 0.4) is 0 Å². The maximum Gasteiger partial charge on any atom is 0.0655 e. The Bertz CT molecular complexity index is 156. The molecule has 0 aromatic carbocycles. The molecule has 2 aliphatic carbocycles. The zero-order valence-corrected chi connectivity index (χ0v) is 8.21. The van der Waals surface area contributed by atoms with Crippen molar-refractivity contribution in [2.45, 2.75) is 51.6 Å². The highest BCUT2D eigenvalue weighted by atomic mass is 16.3. The van der Waals surface area contributed by atoms with Crippen molar-refractivity contribution >= 4 is 0 Å². The molecule has 1 N–H and O–H groups in total. The van der Waals surface area contributed by atoms with Crippen LogP contribution >= 0.6 is 0 Å². The molecule has 0 radical (unpaired) electrons. The molecule has 1 heteroatoms. The average molecular weight is 168 g/mol. The molecule has 2 saturated carbocycles. The largest absolute Gasteiger partial charge is 0.390 e. The Hall–Kier alpha value is -0.0400. The highest BCUT2D eigenvalue weighted by molar-refractivity contribution is 4.94. The van der Waals surface area contributed by atoms with E-state index in [4.69, 9.17) is 0 Å². The minimum absolute atomic E-state index is 0.278. The van der Waals surface area contributed by atoms with Crippen LogP contribution in [0.2, 0.25) is 0 Å². The predicted octanol–water partition coefficient (Wildman–Crippen LogP) is 2.58. The Morgan fingerprint density at radius 2 is 1.50 bits per heavy atom. The van der Waals surface area contributed by atoms with Crippen molar-refractivity contribution in [2.75, 3.05) is 0 Å². The third kappa shape index (κ3) is 1.52. The van der Waals surface area contributed by atoms with Gasteiger partial charge in [0, 0.05) is 0 Å². The van der Waals surface area contributed by atoms with Crippen molar-refractivity contribution in [3.8, 4) is 0 Å². The quantitative estimate of drug-likeness (QED) is 0.589. The van der Waals surface area contributed by atoms with Crippen LogP contribution < -0.4 is 0 Å². The summed E-state index contributed by atoms with van der Waals surface area (Å²) in [5.74, 6) is 2.32. The Morgan fingerprint density at radius 3 is 1.92 bits per heavy atom. The lowest BCUT2D eigenvalue weighted by molar-refractivity contribution is -0.0800. The summed E-state index contributed by atoms with van der Waals surface area (Å²) in [6, 6.07) is 0. The van der Waals surface area contributed by atoms with Gasteiger partial charge in [0.2, 0.25) is 0 Å². The molecule has 1 nitrogen and oxygen atoms in total. The number of hydrogen-bond donors (Lipinski definition) is 1. The summed E-state index contributed by atoms with van der Waals surface area (Å²) in [4.78, 5) is 0. The topological polar surface area (TPSA) is 20.2 Å². The molecule has 2 fully saturated rings. The standard InChI is InChI=1S/C11H20O/c1-8-3-10-4-9(2)6-11(12,5-8)7-10/h8-10,12H,3-7H2,1-2H3. The first kappa shape index (κ1) is 8.55. The van der Waals surface area contributed by atoms with Gasteiger partial charge in [-0.3, -0.25) is 0 Å². The van der Waals surface area contributed by atoms with Gasteiger partial charge in [0.25, 0.3) is 0 Å². The van der Waals surface area contributed by atoms with Crippen molar-refractivity contribution in [2.24, 2.45) is 17.8 Å². The lowest BCUT2D eigenvalue weighted by Gasteiger charge is -2.46. The minimum Gasteiger partial charge on any atom is -0.390 e. The maximum atomic E-state index is 10.2. The van der Waals surface area contributed by atoms with Crippen LogP contribution in [-0.4, -0.2) is 10.7 Å². The molecule has 2 atom stereocenters. The molecule has 0 spiro atoms. The van der Waals surface area contributed by atoms with Gasteiger partial charge < -0.3 is 5.11 Å². The maximum absolute atomic E-state index is 10.2. The second-order valence-corrected chi connectivity index (χ2v) is 5.38. The molecule has 12 heavy (non-hydrogen) atoms. The van der Waals surface area contributed by atoms with Crippen molar-refractivity contribution < 1.29 is 5.11 Å². The third-order valence-corrected chi connectivity index (χ3v) is 3.60. The smallest absolute Gasteiger partial charge is 0.0655 e. The normalized spacial score (nSPS) is 53.8. The Labute approximate surface area is 75.2 Å². The lowest BCUT2D eigenvalue weighted by Crippen LogP contribution is -2.44. The van der Waals surface area contributed by atoms with Gasteiger partial charge >= 0.3 is 0 Å². The van der Waals surface area contributed by atoms with Gasteiger partial charge in [0.1, 0.15) is 0 Å². The number of rotatable bonds is 0. The molecule has 0 saturated heterocycles. The Morgan fingerprint density at radius 1 is 1.00 bits per heavy atom. The van der Waals surface area contributed by atoms with Crippen LogP contribution in [0.25, 0.3) is 0 Å². The van der Waals surface area contributed by atoms with Crippen LogP contribution in [0.5, 0.6) is 0 Å². The van der Waals surface area contributed by atoms with Crippen molar-refractivity contribution in [1.29, 1.82) is 0 Å². The van der Waals surface area contributed by atoms with Gasteiger partial charge in [-0.05, 0) is 49.9 Å². The van der Waals surface area contributed by atoms with E-state index in [9.17, 15) is 5.11 Å². The Balaban J connectivity index is 2.11.